The highest BCUT2D eigenvalue weighted by atomic mass is 35.5. The first-order valence-electron chi connectivity index (χ1n) is 7.42. The summed E-state index contributed by atoms with van der Waals surface area (Å²) < 4.78 is 10.7. The van der Waals surface area contributed by atoms with Crippen LogP contribution in [0.1, 0.15) is 5.56 Å². The molecule has 0 aliphatic heterocycles. The Morgan fingerprint density at radius 3 is 2.52 bits per heavy atom. The van der Waals surface area contributed by atoms with E-state index in [1.807, 2.05) is 24.3 Å². The molecule has 2 aromatic rings. The lowest BCUT2D eigenvalue weighted by Gasteiger charge is -2.11. The number of hydrogen-bond donors (Lipinski definition) is 2. The Labute approximate surface area is 161 Å². The fourth-order valence-corrected chi connectivity index (χ4v) is 3.01. The van der Waals surface area contributed by atoms with Crippen molar-refractivity contribution >= 4 is 46.4 Å². The monoisotopic (exact) mass is 401 g/mol. The van der Waals surface area contributed by atoms with Gasteiger partial charge in [-0.05, 0) is 18.2 Å². The van der Waals surface area contributed by atoms with E-state index < -0.39 is 0 Å². The molecule has 5 nitrogen and oxygen atoms in total. The number of rotatable bonds is 7. The summed E-state index contributed by atoms with van der Waals surface area (Å²) in [5.74, 6) is 0.653. The Hall–Kier alpha value is -1.66. The molecule has 3 N–H and O–H groups in total. The van der Waals surface area contributed by atoms with Crippen LogP contribution in [0.4, 0.5) is 5.69 Å². The van der Waals surface area contributed by atoms with Gasteiger partial charge < -0.3 is 20.5 Å². The number of aliphatic imine (C=N–C) groups is 1. The lowest BCUT2D eigenvalue weighted by Crippen LogP contribution is -2.24. The molecule has 0 saturated carbocycles. The molecule has 2 aromatic carbocycles. The van der Waals surface area contributed by atoms with E-state index in [9.17, 15) is 0 Å². The molecule has 25 heavy (non-hydrogen) atoms. The highest BCUT2D eigenvalue weighted by Crippen LogP contribution is 2.35. The van der Waals surface area contributed by atoms with Crippen molar-refractivity contribution in [1.82, 2.24) is 0 Å². The van der Waals surface area contributed by atoms with Gasteiger partial charge in [0, 0.05) is 23.4 Å². The van der Waals surface area contributed by atoms with Crippen LogP contribution in [-0.2, 0) is 11.3 Å². The lowest BCUT2D eigenvalue weighted by atomic mass is 10.2. The quantitative estimate of drug-likeness (QED) is 0.403. The number of hydrogen-bond acceptors (Lipinski definition) is 3. The predicted molar refractivity (Wildman–Crippen MR) is 104 cm³/mol. The summed E-state index contributed by atoms with van der Waals surface area (Å²) in [5, 5.41) is 4.19. The lowest BCUT2D eigenvalue weighted by molar-refractivity contribution is 0.185. The first-order chi connectivity index (χ1) is 12.0. The normalized spacial score (nSPS) is 11.4. The second kappa shape index (κ2) is 9.73. The van der Waals surface area contributed by atoms with Crippen LogP contribution in [0, 0.1) is 0 Å². The van der Waals surface area contributed by atoms with Crippen molar-refractivity contribution in [3.8, 4) is 5.75 Å². The van der Waals surface area contributed by atoms with E-state index >= 15 is 0 Å². The molecule has 0 spiro atoms. The van der Waals surface area contributed by atoms with Gasteiger partial charge in [0.2, 0.25) is 0 Å². The summed E-state index contributed by atoms with van der Waals surface area (Å²) in [6.07, 6.45) is 0. The minimum absolute atomic E-state index is 0.267. The van der Waals surface area contributed by atoms with Gasteiger partial charge in [0.25, 0.3) is 0 Å². The average molecular weight is 403 g/mol. The van der Waals surface area contributed by atoms with Gasteiger partial charge in [-0.2, -0.15) is 0 Å². The van der Waals surface area contributed by atoms with Gasteiger partial charge >= 0.3 is 0 Å². The Balaban J connectivity index is 1.90. The number of benzene rings is 2. The van der Waals surface area contributed by atoms with Crippen LogP contribution in [0.5, 0.6) is 5.75 Å². The molecular weight excluding hydrogens is 385 g/mol. The number of nitrogens with one attached hydrogen (secondary N) is 1. The molecule has 0 aliphatic rings. The van der Waals surface area contributed by atoms with E-state index in [-0.39, 0.29) is 12.6 Å². The van der Waals surface area contributed by atoms with Crippen LogP contribution in [-0.4, -0.2) is 26.2 Å². The topological polar surface area (TPSA) is 68.9 Å². The zero-order valence-electron chi connectivity index (χ0n) is 13.6. The van der Waals surface area contributed by atoms with E-state index in [2.05, 4.69) is 10.3 Å². The molecule has 0 amide bonds. The minimum Gasteiger partial charge on any atom is -0.489 e. The van der Waals surface area contributed by atoms with Crippen LogP contribution in [0.25, 0.3) is 0 Å². The van der Waals surface area contributed by atoms with Crippen molar-refractivity contribution in [2.75, 3.05) is 25.6 Å². The molecule has 0 aromatic heterocycles. The SMILES string of the molecule is COCc1ccccc1NC(N)=NCCOc1c(Cl)cc(Cl)cc1Cl. The maximum Gasteiger partial charge on any atom is 0.193 e. The zero-order chi connectivity index (χ0) is 18.2. The largest absolute Gasteiger partial charge is 0.489 e. The highest BCUT2D eigenvalue weighted by Gasteiger charge is 2.09. The molecule has 134 valence electrons. The van der Waals surface area contributed by atoms with Crippen molar-refractivity contribution in [2.45, 2.75) is 6.61 Å². The number of ether oxygens (including phenoxy) is 2. The molecule has 0 aliphatic carbocycles. The second-order valence-electron chi connectivity index (χ2n) is 5.03. The second-order valence-corrected chi connectivity index (χ2v) is 6.28. The predicted octanol–water partition coefficient (Wildman–Crippen LogP) is 4.60. The molecule has 2 rings (SSSR count). The molecular formula is C17H18Cl3N3O2. The minimum atomic E-state index is 0.267. The third-order valence-electron chi connectivity index (χ3n) is 3.16. The molecule has 0 bridgehead atoms. The maximum atomic E-state index is 6.05. The summed E-state index contributed by atoms with van der Waals surface area (Å²) in [6, 6.07) is 10.8. The van der Waals surface area contributed by atoms with Gasteiger partial charge in [0.1, 0.15) is 6.61 Å². The van der Waals surface area contributed by atoms with Gasteiger partial charge in [0.15, 0.2) is 11.7 Å². The third-order valence-corrected chi connectivity index (χ3v) is 3.94. The molecule has 8 heteroatoms. The number of guanidine groups is 1. The first kappa shape index (κ1) is 19.7. The Bertz CT molecular complexity index is 731. The number of nitrogens with two attached hydrogens (primary N) is 1. The van der Waals surface area contributed by atoms with Crippen LogP contribution >= 0.6 is 34.8 Å². The fourth-order valence-electron chi connectivity index (χ4n) is 2.08. The van der Waals surface area contributed by atoms with Crippen LogP contribution in [0.2, 0.25) is 15.1 Å². The zero-order valence-corrected chi connectivity index (χ0v) is 15.8. The van der Waals surface area contributed by atoms with E-state index in [0.29, 0.717) is 34.0 Å². The number of anilines is 1. The third kappa shape index (κ3) is 5.97. The highest BCUT2D eigenvalue weighted by molar-refractivity contribution is 6.40. The summed E-state index contributed by atoms with van der Waals surface area (Å²) in [5.41, 5.74) is 7.73. The van der Waals surface area contributed by atoms with Gasteiger partial charge in [-0.15, -0.1) is 0 Å². The van der Waals surface area contributed by atoms with Crippen molar-refractivity contribution in [2.24, 2.45) is 10.7 Å². The summed E-state index contributed by atoms with van der Waals surface area (Å²) >= 11 is 18.0. The molecule has 0 radical (unpaired) electrons. The maximum absolute atomic E-state index is 6.05. The van der Waals surface area contributed by atoms with Gasteiger partial charge in [-0.1, -0.05) is 53.0 Å². The van der Waals surface area contributed by atoms with Gasteiger partial charge in [0.05, 0.1) is 23.2 Å². The van der Waals surface area contributed by atoms with Crippen LogP contribution < -0.4 is 15.8 Å². The van der Waals surface area contributed by atoms with Gasteiger partial charge in [-0.25, -0.2) is 4.99 Å². The molecule has 0 saturated heterocycles. The summed E-state index contributed by atoms with van der Waals surface area (Å²) in [7, 11) is 1.64. The van der Waals surface area contributed by atoms with Crippen molar-refractivity contribution in [1.29, 1.82) is 0 Å². The first-order valence-corrected chi connectivity index (χ1v) is 8.55. The number of halogens is 3. The van der Waals surface area contributed by atoms with Gasteiger partial charge in [-0.3, -0.25) is 0 Å². The fraction of sp³-hybridized carbons (Fsp3) is 0.235. The van der Waals surface area contributed by atoms with Crippen LogP contribution in [0.15, 0.2) is 41.4 Å². The Morgan fingerprint density at radius 1 is 1.16 bits per heavy atom. The smallest absolute Gasteiger partial charge is 0.193 e. The summed E-state index contributed by atoms with van der Waals surface area (Å²) in [6.45, 7) is 1.08. The number of nitrogens with zero attached hydrogens (tertiary/aromatic N) is 1. The van der Waals surface area contributed by atoms with Crippen LogP contribution in [0.3, 0.4) is 0 Å². The molecule has 0 unspecified atom stereocenters. The molecule has 0 heterocycles. The van der Waals surface area contributed by atoms with E-state index in [0.717, 1.165) is 11.3 Å². The standard InChI is InChI=1S/C17H18Cl3N3O2/c1-24-10-11-4-2-3-5-15(11)23-17(21)22-6-7-25-16-13(19)8-12(18)9-14(16)20/h2-5,8-9H,6-7,10H2,1H3,(H3,21,22,23). The van der Waals surface area contributed by atoms with E-state index in [1.54, 1.807) is 19.2 Å². The Kier molecular flexibility index (Phi) is 7.65. The average Bonchev–Trinajstić information content (AvgIpc) is 2.55. The van der Waals surface area contributed by atoms with E-state index in [4.69, 9.17) is 50.0 Å². The molecule has 0 fully saturated rings. The summed E-state index contributed by atoms with van der Waals surface area (Å²) in [4.78, 5) is 4.22. The van der Waals surface area contributed by atoms with E-state index in [1.165, 1.54) is 0 Å². The molecule has 0 atom stereocenters. The van der Waals surface area contributed by atoms with Crippen molar-refractivity contribution in [3.05, 3.63) is 57.0 Å². The van der Waals surface area contributed by atoms with Crippen molar-refractivity contribution in [3.63, 3.8) is 0 Å². The van der Waals surface area contributed by atoms with Crippen molar-refractivity contribution < 1.29 is 9.47 Å². The Morgan fingerprint density at radius 2 is 1.84 bits per heavy atom. The number of para-hydroxylation sites is 1. The number of methoxy groups -OCH3 is 1.